The van der Waals surface area contributed by atoms with Crippen molar-refractivity contribution in [1.82, 2.24) is 5.32 Å². The van der Waals surface area contributed by atoms with Gasteiger partial charge in [0, 0.05) is 10.6 Å². The van der Waals surface area contributed by atoms with Gasteiger partial charge in [0.05, 0.1) is 11.5 Å². The number of benzene rings is 2. The maximum absolute atomic E-state index is 12.8. The zero-order valence-corrected chi connectivity index (χ0v) is 23.7. The number of rotatable bonds is 14. The lowest BCUT2D eigenvalue weighted by atomic mass is 10.1. The minimum absolute atomic E-state index is 0.00381. The van der Waals surface area contributed by atoms with Crippen molar-refractivity contribution in [2.75, 3.05) is 0 Å². The predicted octanol–water partition coefficient (Wildman–Crippen LogP) is 6.87. The summed E-state index contributed by atoms with van der Waals surface area (Å²) < 4.78 is 31.0. The van der Waals surface area contributed by atoms with Crippen molar-refractivity contribution in [3.05, 3.63) is 58.6 Å². The van der Waals surface area contributed by atoms with Crippen molar-refractivity contribution in [2.45, 2.75) is 81.8 Å². The van der Waals surface area contributed by atoms with E-state index in [1.165, 1.54) is 80.8 Å². The second-order valence-electron chi connectivity index (χ2n) is 8.99. The van der Waals surface area contributed by atoms with Gasteiger partial charge in [-0.1, -0.05) is 93.8 Å². The molecule has 200 valence electrons. The van der Waals surface area contributed by atoms with Crippen LogP contribution in [0.4, 0.5) is 0 Å². The van der Waals surface area contributed by atoms with Gasteiger partial charge in [-0.25, -0.2) is 0 Å². The van der Waals surface area contributed by atoms with Crippen LogP contribution in [0.2, 0.25) is 5.02 Å². The van der Waals surface area contributed by atoms with Gasteiger partial charge < -0.3 is 9.50 Å². The van der Waals surface area contributed by atoms with E-state index in [1.807, 2.05) is 0 Å². The predicted molar refractivity (Wildman–Crippen MR) is 152 cm³/mol. The number of unbranched alkanes of at least 4 members (excludes halogenated alkanes) is 7. The van der Waals surface area contributed by atoms with E-state index in [0.717, 1.165) is 19.3 Å². The van der Waals surface area contributed by atoms with Gasteiger partial charge in [-0.3, -0.25) is 4.79 Å². The molecular formula is C27H34ClN3O4S2. The number of carbonyl (C=O) groups excluding carboxylic acids is 1. The van der Waals surface area contributed by atoms with E-state index in [9.17, 15) is 13.2 Å². The molecule has 2 aromatic carbocycles. The normalized spacial score (nSPS) is 17.0. The average Bonchev–Trinajstić information content (AvgIpc) is 3.22. The van der Waals surface area contributed by atoms with Gasteiger partial charge in [0.25, 0.3) is 0 Å². The molecule has 37 heavy (non-hydrogen) atoms. The fourth-order valence-electron chi connectivity index (χ4n) is 3.90. The molecule has 1 aliphatic rings. The Morgan fingerprint density at radius 3 is 2.41 bits per heavy atom. The number of carbonyl (C=O) groups is 1. The summed E-state index contributed by atoms with van der Waals surface area (Å²) in [4.78, 5) is 12.3. The molecule has 0 bridgehead atoms. The van der Waals surface area contributed by atoms with Crippen LogP contribution in [0.5, 0.6) is 5.75 Å². The SMILES string of the molecule is CCCCCCCCCCC1S/C(=N\N=C\c2cccc(C)c2OS(=O)(=O)c2ccc(Cl)cc2)NC1=O. The minimum Gasteiger partial charge on any atom is -0.378 e. The number of amides is 1. The van der Waals surface area contributed by atoms with E-state index in [0.29, 0.717) is 21.3 Å². The molecule has 1 amide bonds. The molecule has 7 nitrogen and oxygen atoms in total. The number of nitrogens with one attached hydrogen (secondary N) is 1. The molecule has 2 aromatic rings. The molecule has 10 heteroatoms. The Kier molecular flexibility index (Phi) is 11.5. The average molecular weight is 564 g/mol. The summed E-state index contributed by atoms with van der Waals surface area (Å²) in [7, 11) is -4.07. The zero-order chi connectivity index (χ0) is 26.7. The van der Waals surface area contributed by atoms with E-state index in [2.05, 4.69) is 22.4 Å². The Labute approximate surface area is 229 Å². The second-order valence-corrected chi connectivity index (χ2v) is 12.2. The van der Waals surface area contributed by atoms with Crippen LogP contribution < -0.4 is 9.50 Å². The van der Waals surface area contributed by atoms with Crippen LogP contribution in [0.1, 0.15) is 75.8 Å². The summed E-state index contributed by atoms with van der Waals surface area (Å²) in [6.45, 7) is 3.97. The molecule has 1 atom stereocenters. The van der Waals surface area contributed by atoms with E-state index >= 15 is 0 Å². The molecule has 1 unspecified atom stereocenters. The number of aryl methyl sites for hydroxylation is 1. The third-order valence-corrected chi connectivity index (χ3v) is 8.61. The largest absolute Gasteiger partial charge is 0.378 e. The monoisotopic (exact) mass is 563 g/mol. The van der Waals surface area contributed by atoms with Crippen molar-refractivity contribution in [1.29, 1.82) is 0 Å². The summed E-state index contributed by atoms with van der Waals surface area (Å²) in [5, 5.41) is 11.7. The summed E-state index contributed by atoms with van der Waals surface area (Å²) >= 11 is 7.25. The lowest BCUT2D eigenvalue weighted by Crippen LogP contribution is -2.24. The van der Waals surface area contributed by atoms with Gasteiger partial charge in [0.2, 0.25) is 5.91 Å². The molecule has 1 saturated heterocycles. The maximum Gasteiger partial charge on any atom is 0.339 e. The van der Waals surface area contributed by atoms with Gasteiger partial charge in [-0.05, 0) is 49.2 Å². The van der Waals surface area contributed by atoms with Crippen LogP contribution in [-0.4, -0.2) is 31.0 Å². The lowest BCUT2D eigenvalue weighted by molar-refractivity contribution is -0.118. The van der Waals surface area contributed by atoms with Gasteiger partial charge >= 0.3 is 10.1 Å². The topological polar surface area (TPSA) is 97.2 Å². The number of amidine groups is 1. The van der Waals surface area contributed by atoms with Gasteiger partial charge in [-0.2, -0.15) is 13.5 Å². The number of para-hydroxylation sites is 1. The van der Waals surface area contributed by atoms with Gasteiger partial charge in [-0.15, -0.1) is 5.10 Å². The number of hydrogen-bond acceptors (Lipinski definition) is 7. The van der Waals surface area contributed by atoms with Crippen LogP contribution in [0.15, 0.2) is 57.6 Å². The fourth-order valence-corrected chi connectivity index (χ4v) is 6.01. The van der Waals surface area contributed by atoms with Gasteiger partial charge in [0.15, 0.2) is 10.9 Å². The molecule has 0 saturated carbocycles. The van der Waals surface area contributed by atoms with Crippen molar-refractivity contribution < 1.29 is 17.4 Å². The molecular weight excluding hydrogens is 530 g/mol. The Morgan fingerprint density at radius 2 is 1.70 bits per heavy atom. The second kappa shape index (κ2) is 14.5. The first-order valence-corrected chi connectivity index (χ1v) is 15.3. The minimum atomic E-state index is -4.07. The molecule has 1 N–H and O–H groups in total. The highest BCUT2D eigenvalue weighted by Crippen LogP contribution is 2.28. The molecule has 0 aromatic heterocycles. The maximum atomic E-state index is 12.8. The first kappa shape index (κ1) is 29.2. The van der Waals surface area contributed by atoms with Crippen molar-refractivity contribution in [2.24, 2.45) is 10.2 Å². The lowest BCUT2D eigenvalue weighted by Gasteiger charge is -2.11. The smallest absolute Gasteiger partial charge is 0.339 e. The summed E-state index contributed by atoms with van der Waals surface area (Å²) in [5.74, 6) is 0.118. The summed E-state index contributed by atoms with van der Waals surface area (Å²) in [6.07, 6.45) is 12.0. The Morgan fingerprint density at radius 1 is 1.03 bits per heavy atom. The highest BCUT2D eigenvalue weighted by molar-refractivity contribution is 8.15. The number of thioether (sulfide) groups is 1. The third kappa shape index (κ3) is 9.16. The van der Waals surface area contributed by atoms with Crippen LogP contribution in [0, 0.1) is 6.92 Å². The molecule has 3 rings (SSSR count). The van der Waals surface area contributed by atoms with E-state index in [4.69, 9.17) is 15.8 Å². The number of halogens is 1. The third-order valence-electron chi connectivity index (χ3n) is 5.98. The standard InChI is InChI=1S/C27H34ClN3O4S2/c1-3-4-5-6-7-8-9-10-14-24-26(32)30-27(36-24)31-29-19-21-13-11-12-20(2)25(21)35-37(33,34)23-17-15-22(28)16-18-23/h11-13,15-19,24H,3-10,14H2,1-2H3,(H,30,31,32)/b29-19+. The van der Waals surface area contributed by atoms with E-state index in [-0.39, 0.29) is 21.8 Å². The Hall–Kier alpha value is -2.36. The van der Waals surface area contributed by atoms with Crippen LogP contribution in [0.3, 0.4) is 0 Å². The van der Waals surface area contributed by atoms with Gasteiger partial charge in [0.1, 0.15) is 4.90 Å². The van der Waals surface area contributed by atoms with Crippen LogP contribution in [0.25, 0.3) is 0 Å². The first-order chi connectivity index (χ1) is 17.8. The Balaban J connectivity index is 1.56. The molecule has 1 aliphatic heterocycles. The summed E-state index contributed by atoms with van der Waals surface area (Å²) in [5.41, 5.74) is 1.08. The quantitative estimate of drug-likeness (QED) is 0.117. The zero-order valence-electron chi connectivity index (χ0n) is 21.3. The first-order valence-electron chi connectivity index (χ1n) is 12.7. The van der Waals surface area contributed by atoms with Crippen molar-refractivity contribution in [3.8, 4) is 5.75 Å². The number of nitrogens with zero attached hydrogens (tertiary/aromatic N) is 2. The van der Waals surface area contributed by atoms with E-state index < -0.39 is 10.1 Å². The molecule has 0 aliphatic carbocycles. The van der Waals surface area contributed by atoms with Crippen molar-refractivity contribution in [3.63, 3.8) is 0 Å². The molecule has 1 fully saturated rings. The number of hydrogen-bond donors (Lipinski definition) is 1. The van der Waals surface area contributed by atoms with E-state index in [1.54, 1.807) is 25.1 Å². The molecule has 1 heterocycles. The summed E-state index contributed by atoms with van der Waals surface area (Å²) in [6, 6.07) is 11.0. The van der Waals surface area contributed by atoms with Crippen molar-refractivity contribution >= 4 is 50.8 Å². The molecule has 0 spiro atoms. The fraction of sp³-hybridized carbons (Fsp3) is 0.444. The molecule has 0 radical (unpaired) electrons. The van der Waals surface area contributed by atoms with Crippen LogP contribution in [-0.2, 0) is 14.9 Å². The Bertz CT molecular complexity index is 1210. The highest BCUT2D eigenvalue weighted by atomic mass is 35.5. The van der Waals surface area contributed by atoms with Crippen LogP contribution >= 0.6 is 23.4 Å². The highest BCUT2D eigenvalue weighted by Gasteiger charge is 2.29.